The third kappa shape index (κ3) is 1.81. The molecule has 2 amide bonds. The zero-order valence-electron chi connectivity index (χ0n) is 11.1. The Labute approximate surface area is 115 Å². The average molecular weight is 275 g/mol. The van der Waals surface area contributed by atoms with Crippen molar-refractivity contribution in [2.45, 2.75) is 25.7 Å². The summed E-state index contributed by atoms with van der Waals surface area (Å²) in [6.07, 6.45) is 2.99. The topological polar surface area (TPSA) is 46.6 Å². The van der Waals surface area contributed by atoms with Gasteiger partial charge in [-0.25, -0.2) is 9.29 Å². The molecule has 0 saturated heterocycles. The summed E-state index contributed by atoms with van der Waals surface area (Å²) in [5.74, 6) is -0.979. The molecule has 2 aliphatic rings. The van der Waals surface area contributed by atoms with Gasteiger partial charge in [0.1, 0.15) is 11.6 Å². The van der Waals surface area contributed by atoms with E-state index in [0.717, 1.165) is 17.7 Å². The molecule has 20 heavy (non-hydrogen) atoms. The van der Waals surface area contributed by atoms with Gasteiger partial charge in [0.15, 0.2) is 0 Å². The van der Waals surface area contributed by atoms with Gasteiger partial charge in [-0.15, -0.1) is 0 Å². The molecular formula is C15H14FNO3. The highest BCUT2D eigenvalue weighted by atomic mass is 19.1. The van der Waals surface area contributed by atoms with Crippen molar-refractivity contribution in [2.24, 2.45) is 0 Å². The SMILES string of the molecule is COc1ccc(F)c(N2C(=O)C3=C(CCCC3)C2=O)c1. The lowest BCUT2D eigenvalue weighted by Crippen LogP contribution is -2.32. The minimum absolute atomic E-state index is 0.0336. The molecule has 1 aliphatic carbocycles. The van der Waals surface area contributed by atoms with Crippen LogP contribution in [0.1, 0.15) is 25.7 Å². The average Bonchev–Trinajstić information content (AvgIpc) is 2.72. The zero-order chi connectivity index (χ0) is 14.3. The van der Waals surface area contributed by atoms with E-state index in [1.54, 1.807) is 0 Å². The second kappa shape index (κ2) is 4.74. The number of benzene rings is 1. The molecule has 4 nitrogen and oxygen atoms in total. The minimum atomic E-state index is -0.604. The maximum absolute atomic E-state index is 14.0. The predicted octanol–water partition coefficient (Wildman–Crippen LogP) is 2.58. The van der Waals surface area contributed by atoms with Crippen LogP contribution in [0.5, 0.6) is 5.75 Å². The summed E-state index contributed by atoms with van der Waals surface area (Å²) >= 11 is 0. The maximum atomic E-state index is 14.0. The number of hydrogen-bond donors (Lipinski definition) is 0. The van der Waals surface area contributed by atoms with Crippen molar-refractivity contribution < 1.29 is 18.7 Å². The molecule has 5 heteroatoms. The van der Waals surface area contributed by atoms with E-state index in [-0.39, 0.29) is 5.69 Å². The van der Waals surface area contributed by atoms with Crippen LogP contribution in [0, 0.1) is 5.82 Å². The van der Waals surface area contributed by atoms with Gasteiger partial charge in [-0.05, 0) is 37.8 Å². The molecule has 1 heterocycles. The van der Waals surface area contributed by atoms with E-state index in [4.69, 9.17) is 4.74 Å². The Bertz CT molecular complexity index is 608. The van der Waals surface area contributed by atoms with Gasteiger partial charge in [-0.2, -0.15) is 0 Å². The third-order valence-corrected chi connectivity index (χ3v) is 3.78. The molecule has 104 valence electrons. The van der Waals surface area contributed by atoms with Gasteiger partial charge in [0.05, 0.1) is 12.8 Å². The van der Waals surface area contributed by atoms with Gasteiger partial charge in [-0.1, -0.05) is 0 Å². The van der Waals surface area contributed by atoms with E-state index >= 15 is 0 Å². The normalized spacial score (nSPS) is 18.6. The van der Waals surface area contributed by atoms with E-state index in [1.165, 1.54) is 25.3 Å². The number of anilines is 1. The van der Waals surface area contributed by atoms with E-state index in [2.05, 4.69) is 0 Å². The van der Waals surface area contributed by atoms with Crippen LogP contribution < -0.4 is 9.64 Å². The van der Waals surface area contributed by atoms with Crippen LogP contribution in [0.25, 0.3) is 0 Å². The lowest BCUT2D eigenvalue weighted by molar-refractivity contribution is -0.120. The van der Waals surface area contributed by atoms with Gasteiger partial charge in [0.2, 0.25) is 0 Å². The second-order valence-electron chi connectivity index (χ2n) is 4.93. The summed E-state index contributed by atoms with van der Waals surface area (Å²) in [7, 11) is 1.45. The summed E-state index contributed by atoms with van der Waals surface area (Å²) in [6, 6.07) is 4.03. The van der Waals surface area contributed by atoms with Crippen molar-refractivity contribution in [2.75, 3.05) is 12.0 Å². The summed E-state index contributed by atoms with van der Waals surface area (Å²) in [6.45, 7) is 0. The monoisotopic (exact) mass is 275 g/mol. The molecule has 0 aromatic heterocycles. The number of imide groups is 1. The van der Waals surface area contributed by atoms with Crippen molar-refractivity contribution >= 4 is 17.5 Å². The van der Waals surface area contributed by atoms with E-state index in [1.807, 2.05) is 0 Å². The molecule has 1 aromatic rings. The summed E-state index contributed by atoms with van der Waals surface area (Å²) in [5, 5.41) is 0. The molecule has 0 radical (unpaired) electrons. The Kier molecular flexibility index (Phi) is 3.04. The Morgan fingerprint density at radius 3 is 2.25 bits per heavy atom. The Hall–Kier alpha value is -2.17. The first kappa shape index (κ1) is 12.8. The number of ether oxygens (including phenoxy) is 1. The molecule has 0 N–H and O–H groups in total. The van der Waals surface area contributed by atoms with Crippen LogP contribution in [0.2, 0.25) is 0 Å². The lowest BCUT2D eigenvalue weighted by atomic mass is 9.93. The third-order valence-electron chi connectivity index (χ3n) is 3.78. The number of amides is 2. The van der Waals surface area contributed by atoms with Crippen LogP contribution >= 0.6 is 0 Å². The quantitative estimate of drug-likeness (QED) is 0.779. The zero-order valence-corrected chi connectivity index (χ0v) is 11.1. The van der Waals surface area contributed by atoms with Crippen LogP contribution in [0.4, 0.5) is 10.1 Å². The molecule has 0 fully saturated rings. The van der Waals surface area contributed by atoms with E-state index in [0.29, 0.717) is 29.7 Å². The lowest BCUT2D eigenvalue weighted by Gasteiger charge is -2.16. The summed E-state index contributed by atoms with van der Waals surface area (Å²) < 4.78 is 19.0. The molecule has 0 spiro atoms. The molecule has 0 atom stereocenters. The van der Waals surface area contributed by atoms with E-state index in [9.17, 15) is 14.0 Å². The predicted molar refractivity (Wildman–Crippen MR) is 70.9 cm³/mol. The van der Waals surface area contributed by atoms with Crippen LogP contribution in [-0.4, -0.2) is 18.9 Å². The Morgan fingerprint density at radius 2 is 1.70 bits per heavy atom. The first-order valence-corrected chi connectivity index (χ1v) is 6.58. The number of hydrogen-bond acceptors (Lipinski definition) is 3. The highest BCUT2D eigenvalue weighted by Gasteiger charge is 2.40. The first-order chi connectivity index (χ1) is 9.63. The molecule has 1 aromatic carbocycles. The van der Waals surface area contributed by atoms with Gasteiger partial charge in [-0.3, -0.25) is 9.59 Å². The summed E-state index contributed by atoms with van der Waals surface area (Å²) in [5.41, 5.74) is 1.06. The highest BCUT2D eigenvalue weighted by molar-refractivity contribution is 6.33. The second-order valence-corrected chi connectivity index (χ2v) is 4.93. The minimum Gasteiger partial charge on any atom is -0.497 e. The fraction of sp³-hybridized carbons (Fsp3) is 0.333. The van der Waals surface area contributed by atoms with Crippen molar-refractivity contribution in [3.8, 4) is 5.75 Å². The number of nitrogens with zero attached hydrogens (tertiary/aromatic N) is 1. The number of carbonyl (C=O) groups is 2. The van der Waals surface area contributed by atoms with Gasteiger partial charge in [0, 0.05) is 17.2 Å². The van der Waals surface area contributed by atoms with E-state index < -0.39 is 17.6 Å². The van der Waals surface area contributed by atoms with Crippen molar-refractivity contribution in [1.82, 2.24) is 0 Å². The molecule has 0 unspecified atom stereocenters. The standard InChI is InChI=1S/C15H14FNO3/c1-20-9-6-7-12(16)13(8-9)17-14(18)10-4-2-3-5-11(10)15(17)19/h6-8H,2-5H2,1H3. The van der Waals surface area contributed by atoms with Gasteiger partial charge in [0.25, 0.3) is 11.8 Å². The van der Waals surface area contributed by atoms with Crippen molar-refractivity contribution in [1.29, 1.82) is 0 Å². The number of rotatable bonds is 2. The molecule has 1 aliphatic heterocycles. The van der Waals surface area contributed by atoms with Crippen LogP contribution in [-0.2, 0) is 9.59 Å². The van der Waals surface area contributed by atoms with Gasteiger partial charge < -0.3 is 4.74 Å². The smallest absolute Gasteiger partial charge is 0.261 e. The van der Waals surface area contributed by atoms with Crippen molar-refractivity contribution in [3.63, 3.8) is 0 Å². The molecule has 0 saturated carbocycles. The molecule has 0 bridgehead atoms. The van der Waals surface area contributed by atoms with Crippen LogP contribution in [0.15, 0.2) is 29.3 Å². The number of carbonyl (C=O) groups excluding carboxylic acids is 2. The highest BCUT2D eigenvalue weighted by Crippen LogP contribution is 2.37. The Morgan fingerprint density at radius 1 is 1.10 bits per heavy atom. The van der Waals surface area contributed by atoms with Crippen LogP contribution in [0.3, 0.4) is 0 Å². The number of halogens is 1. The first-order valence-electron chi connectivity index (χ1n) is 6.58. The van der Waals surface area contributed by atoms with Crippen molar-refractivity contribution in [3.05, 3.63) is 35.2 Å². The Balaban J connectivity index is 2.04. The van der Waals surface area contributed by atoms with Gasteiger partial charge >= 0.3 is 0 Å². The summed E-state index contributed by atoms with van der Waals surface area (Å²) in [4.78, 5) is 25.6. The largest absolute Gasteiger partial charge is 0.497 e. The maximum Gasteiger partial charge on any atom is 0.261 e. The fourth-order valence-corrected chi connectivity index (χ4v) is 2.75. The fourth-order valence-electron chi connectivity index (χ4n) is 2.75. The molecular weight excluding hydrogens is 261 g/mol. The molecule has 3 rings (SSSR count). The number of methoxy groups -OCH3 is 1.